The Morgan fingerprint density at radius 1 is 0.903 bits per heavy atom. The molecule has 0 aliphatic carbocycles. The Morgan fingerprint density at radius 3 is 2.52 bits per heavy atom. The first-order valence-electron chi connectivity index (χ1n) is 9.90. The fourth-order valence-corrected chi connectivity index (χ4v) is 3.95. The molecule has 0 saturated heterocycles. The van der Waals surface area contributed by atoms with Gasteiger partial charge in [0, 0.05) is 29.7 Å². The first-order valence-corrected chi connectivity index (χ1v) is 9.90. The molecule has 0 bridgehead atoms. The lowest BCUT2D eigenvalue weighted by molar-refractivity contribution is 0.627. The first kappa shape index (κ1) is 17.4. The van der Waals surface area contributed by atoms with E-state index >= 15 is 0 Å². The minimum absolute atomic E-state index is 0.320. The quantitative estimate of drug-likeness (QED) is 0.477. The molecule has 6 rings (SSSR count). The number of aliphatic imine (C=N–C) groups is 1. The zero-order valence-electron chi connectivity index (χ0n) is 16.4. The van der Waals surface area contributed by atoms with Crippen molar-refractivity contribution in [3.8, 4) is 16.9 Å². The van der Waals surface area contributed by atoms with Crippen molar-refractivity contribution in [3.05, 3.63) is 90.9 Å². The van der Waals surface area contributed by atoms with Gasteiger partial charge in [-0.15, -0.1) is 0 Å². The second-order valence-corrected chi connectivity index (χ2v) is 7.26. The Hall–Kier alpha value is -4.46. The Kier molecular flexibility index (Phi) is 3.82. The van der Waals surface area contributed by atoms with Crippen LogP contribution in [0.5, 0.6) is 0 Å². The van der Waals surface area contributed by atoms with E-state index in [1.807, 2.05) is 77.6 Å². The number of rotatable bonds is 3. The Labute approximate surface area is 177 Å². The highest BCUT2D eigenvalue weighted by molar-refractivity contribution is 5.95. The monoisotopic (exact) mass is 406 g/mol. The predicted octanol–water partition coefficient (Wildman–Crippen LogP) is 3.57. The van der Waals surface area contributed by atoms with Crippen LogP contribution in [0.25, 0.3) is 28.0 Å². The molecule has 1 atom stereocenters. The molecule has 3 N–H and O–H groups in total. The summed E-state index contributed by atoms with van der Waals surface area (Å²) in [4.78, 5) is 13.6. The van der Waals surface area contributed by atoms with Crippen molar-refractivity contribution in [2.24, 2.45) is 10.7 Å². The summed E-state index contributed by atoms with van der Waals surface area (Å²) < 4.78 is 3.93. The summed E-state index contributed by atoms with van der Waals surface area (Å²) in [6.07, 6.45) is 5.12. The van der Waals surface area contributed by atoms with Gasteiger partial charge >= 0.3 is 0 Å². The normalized spacial score (nSPS) is 15.4. The number of guanidine groups is 1. The summed E-state index contributed by atoms with van der Waals surface area (Å²) in [5, 5.41) is 8.00. The second kappa shape index (κ2) is 6.81. The van der Waals surface area contributed by atoms with Crippen LogP contribution in [0, 0.1) is 0 Å². The number of pyridine rings is 1. The van der Waals surface area contributed by atoms with Gasteiger partial charge in [0.2, 0.25) is 5.95 Å². The molecule has 1 aliphatic heterocycles. The van der Waals surface area contributed by atoms with Crippen LogP contribution in [-0.4, -0.2) is 30.3 Å². The van der Waals surface area contributed by atoms with Gasteiger partial charge in [0.1, 0.15) is 5.69 Å². The zero-order chi connectivity index (χ0) is 20.8. The molecule has 1 aliphatic rings. The molecule has 4 heterocycles. The molecule has 5 aromatic rings. The lowest BCUT2D eigenvalue weighted by atomic mass is 10.1. The SMILES string of the molecule is NC1=N[C@@H](c2cn(-c3ccccc3)nc2-c2ccncc2)n2c(nc3ccccc32)N1. The van der Waals surface area contributed by atoms with E-state index in [1.165, 1.54) is 0 Å². The number of nitrogens with two attached hydrogens (primary N) is 1. The maximum Gasteiger partial charge on any atom is 0.212 e. The molecule has 150 valence electrons. The van der Waals surface area contributed by atoms with Gasteiger partial charge in [-0.1, -0.05) is 30.3 Å². The van der Waals surface area contributed by atoms with Gasteiger partial charge in [-0.3, -0.25) is 14.9 Å². The number of imidazole rings is 1. The van der Waals surface area contributed by atoms with Crippen molar-refractivity contribution in [2.75, 3.05) is 5.32 Å². The molecule has 8 nitrogen and oxygen atoms in total. The molecule has 0 amide bonds. The highest BCUT2D eigenvalue weighted by Crippen LogP contribution is 2.37. The number of para-hydroxylation sites is 3. The lowest BCUT2D eigenvalue weighted by Gasteiger charge is -2.23. The Bertz CT molecular complexity index is 1420. The van der Waals surface area contributed by atoms with Crippen LogP contribution in [0.15, 0.2) is 90.3 Å². The molecule has 0 fully saturated rings. The summed E-state index contributed by atoms with van der Waals surface area (Å²) in [6, 6.07) is 21.9. The van der Waals surface area contributed by atoms with E-state index < -0.39 is 6.17 Å². The number of hydrogen-bond donors (Lipinski definition) is 2. The third kappa shape index (κ3) is 2.84. The third-order valence-corrected chi connectivity index (χ3v) is 5.34. The lowest BCUT2D eigenvalue weighted by Crippen LogP contribution is -2.31. The van der Waals surface area contributed by atoms with Crippen molar-refractivity contribution in [1.29, 1.82) is 0 Å². The minimum atomic E-state index is -0.413. The van der Waals surface area contributed by atoms with E-state index in [4.69, 9.17) is 20.8 Å². The van der Waals surface area contributed by atoms with E-state index in [0.29, 0.717) is 11.9 Å². The largest absolute Gasteiger partial charge is 0.370 e. The maximum atomic E-state index is 6.15. The highest BCUT2D eigenvalue weighted by atomic mass is 15.4. The molecule has 31 heavy (non-hydrogen) atoms. The van der Waals surface area contributed by atoms with Crippen molar-refractivity contribution in [2.45, 2.75) is 6.17 Å². The molecule has 8 heteroatoms. The van der Waals surface area contributed by atoms with Gasteiger partial charge < -0.3 is 5.73 Å². The topological polar surface area (TPSA) is 98.9 Å². The molecule has 0 saturated carbocycles. The molecular formula is C23H18N8. The summed E-state index contributed by atoms with van der Waals surface area (Å²) >= 11 is 0. The third-order valence-electron chi connectivity index (χ3n) is 5.34. The number of anilines is 1. The number of hydrogen-bond acceptors (Lipinski definition) is 6. The van der Waals surface area contributed by atoms with Gasteiger partial charge in [0.25, 0.3) is 0 Å². The number of fused-ring (bicyclic) bond motifs is 3. The number of nitrogens with one attached hydrogen (secondary N) is 1. The van der Waals surface area contributed by atoms with Crippen LogP contribution in [-0.2, 0) is 0 Å². The Balaban J connectivity index is 1.61. The van der Waals surface area contributed by atoms with Gasteiger partial charge in [-0.25, -0.2) is 14.7 Å². The zero-order valence-corrected chi connectivity index (χ0v) is 16.4. The van der Waals surface area contributed by atoms with Gasteiger partial charge in [0.05, 0.1) is 16.7 Å². The van der Waals surface area contributed by atoms with E-state index in [0.717, 1.165) is 33.5 Å². The average Bonchev–Trinajstić information content (AvgIpc) is 3.42. The van der Waals surface area contributed by atoms with Gasteiger partial charge in [0.15, 0.2) is 12.1 Å². The highest BCUT2D eigenvalue weighted by Gasteiger charge is 2.29. The fourth-order valence-electron chi connectivity index (χ4n) is 3.95. The van der Waals surface area contributed by atoms with Crippen LogP contribution in [0.2, 0.25) is 0 Å². The van der Waals surface area contributed by atoms with Crippen LogP contribution in [0.3, 0.4) is 0 Å². The standard InChI is InChI=1S/C23H18N8/c24-22-27-21(31-19-9-5-4-8-18(19)26-23(31)28-22)17-14-30(16-6-2-1-3-7-16)29-20(17)15-10-12-25-13-11-15/h1-14,21H,(H3,24,26,27,28)/t21-/m1/s1. The Morgan fingerprint density at radius 2 is 1.68 bits per heavy atom. The summed E-state index contributed by atoms with van der Waals surface area (Å²) in [7, 11) is 0. The number of nitrogens with zero attached hydrogens (tertiary/aromatic N) is 6. The van der Waals surface area contributed by atoms with E-state index in [9.17, 15) is 0 Å². The van der Waals surface area contributed by atoms with Crippen LogP contribution in [0.1, 0.15) is 11.7 Å². The molecular weight excluding hydrogens is 388 g/mol. The first-order chi connectivity index (χ1) is 15.3. The van der Waals surface area contributed by atoms with Crippen LogP contribution >= 0.6 is 0 Å². The van der Waals surface area contributed by atoms with Gasteiger partial charge in [-0.05, 0) is 36.4 Å². The van der Waals surface area contributed by atoms with E-state index in [-0.39, 0.29) is 0 Å². The van der Waals surface area contributed by atoms with Crippen molar-refractivity contribution in [1.82, 2.24) is 24.3 Å². The van der Waals surface area contributed by atoms with Gasteiger partial charge in [-0.2, -0.15) is 5.10 Å². The average molecular weight is 406 g/mol. The second-order valence-electron chi connectivity index (χ2n) is 7.26. The maximum absolute atomic E-state index is 6.15. The van der Waals surface area contributed by atoms with E-state index in [2.05, 4.69) is 14.9 Å². The van der Waals surface area contributed by atoms with E-state index in [1.54, 1.807) is 12.4 Å². The van der Waals surface area contributed by atoms with Crippen LogP contribution in [0.4, 0.5) is 5.95 Å². The predicted molar refractivity (Wildman–Crippen MR) is 120 cm³/mol. The summed E-state index contributed by atoms with van der Waals surface area (Å²) in [5.74, 6) is 0.979. The minimum Gasteiger partial charge on any atom is -0.370 e. The van der Waals surface area contributed by atoms with Crippen molar-refractivity contribution in [3.63, 3.8) is 0 Å². The smallest absolute Gasteiger partial charge is 0.212 e. The summed E-state index contributed by atoms with van der Waals surface area (Å²) in [6.45, 7) is 0. The van der Waals surface area contributed by atoms with Crippen LogP contribution < -0.4 is 11.1 Å². The van der Waals surface area contributed by atoms with Crippen molar-refractivity contribution >= 4 is 22.9 Å². The van der Waals surface area contributed by atoms with Crippen molar-refractivity contribution < 1.29 is 0 Å². The summed E-state index contributed by atoms with van der Waals surface area (Å²) in [5.41, 5.74) is 11.7. The molecule has 3 aromatic heterocycles. The molecule has 0 unspecified atom stereocenters. The fraction of sp³-hybridized carbons (Fsp3) is 0.0435. The molecule has 2 aromatic carbocycles. The molecule has 0 radical (unpaired) electrons. The number of benzene rings is 2. The number of aromatic nitrogens is 5. The molecule has 0 spiro atoms.